The summed E-state index contributed by atoms with van der Waals surface area (Å²) >= 11 is 6.52. The summed E-state index contributed by atoms with van der Waals surface area (Å²) in [6.07, 6.45) is 3.12. The van der Waals surface area contributed by atoms with Crippen LogP contribution >= 0.6 is 11.6 Å². The Balaban J connectivity index is 1.64. The van der Waals surface area contributed by atoms with Crippen molar-refractivity contribution in [3.63, 3.8) is 0 Å². The molecule has 1 atom stereocenters. The maximum absolute atomic E-state index is 12.7. The summed E-state index contributed by atoms with van der Waals surface area (Å²) in [7, 11) is -3.21. The molecule has 5 N–H and O–H groups in total. The van der Waals surface area contributed by atoms with Crippen LogP contribution in [-0.4, -0.2) is 46.9 Å². The van der Waals surface area contributed by atoms with Crippen LogP contribution in [0, 0.1) is 4.78 Å². The number of hydrogen-bond donors (Lipinski definition) is 5. The van der Waals surface area contributed by atoms with Crippen LogP contribution in [0.25, 0.3) is 0 Å². The molecule has 11 heteroatoms. The molecule has 2 fully saturated rings. The summed E-state index contributed by atoms with van der Waals surface area (Å²) in [5.74, 6) is -0.403. The molecule has 2 aromatic carbocycles. The fourth-order valence-corrected chi connectivity index (χ4v) is 4.50. The Morgan fingerprint density at radius 3 is 2.48 bits per heavy atom. The van der Waals surface area contributed by atoms with Crippen molar-refractivity contribution in [3.8, 4) is 0 Å². The van der Waals surface area contributed by atoms with Crippen LogP contribution in [0.5, 0.6) is 0 Å². The lowest BCUT2D eigenvalue weighted by Crippen LogP contribution is -2.34. The monoisotopic (exact) mass is 488 g/mol. The van der Waals surface area contributed by atoms with Gasteiger partial charge in [0, 0.05) is 30.4 Å². The number of halogens is 1. The van der Waals surface area contributed by atoms with Crippen molar-refractivity contribution >= 4 is 50.5 Å². The Morgan fingerprint density at radius 1 is 1.15 bits per heavy atom. The van der Waals surface area contributed by atoms with Crippen molar-refractivity contribution in [2.24, 2.45) is 4.99 Å². The zero-order valence-electron chi connectivity index (χ0n) is 18.3. The first-order chi connectivity index (χ1) is 15.6. The third kappa shape index (κ3) is 5.28. The molecule has 2 aromatic rings. The molecule has 1 saturated carbocycles. The Bertz CT molecular complexity index is 1260. The number of amides is 2. The number of aliphatic imine (C=N–C) groups is 1. The fraction of sp³-hybridized carbons (Fsp3) is 0.318. The van der Waals surface area contributed by atoms with Gasteiger partial charge < -0.3 is 21.3 Å². The number of nitrogens with one attached hydrogen (secondary N) is 5. The van der Waals surface area contributed by atoms with Gasteiger partial charge >= 0.3 is 0 Å². The van der Waals surface area contributed by atoms with Gasteiger partial charge in [-0.25, -0.2) is 8.99 Å². The molecule has 1 unspecified atom stereocenters. The third-order valence-corrected chi connectivity index (χ3v) is 7.08. The molecule has 0 radical (unpaired) electrons. The number of benzene rings is 2. The van der Waals surface area contributed by atoms with Gasteiger partial charge in [-0.2, -0.15) is 4.99 Å². The molecule has 1 saturated heterocycles. The van der Waals surface area contributed by atoms with Crippen molar-refractivity contribution in [1.82, 2.24) is 16.0 Å². The van der Waals surface area contributed by atoms with Crippen molar-refractivity contribution in [1.29, 1.82) is 4.78 Å². The van der Waals surface area contributed by atoms with E-state index in [-0.39, 0.29) is 26.9 Å². The number of carbonyl (C=O) groups excluding carboxylic acids is 2. The number of hydrogen-bond acceptors (Lipinski definition) is 5. The van der Waals surface area contributed by atoms with Crippen molar-refractivity contribution < 1.29 is 13.8 Å². The third-order valence-electron chi connectivity index (χ3n) is 5.50. The van der Waals surface area contributed by atoms with E-state index in [9.17, 15) is 13.8 Å². The van der Waals surface area contributed by atoms with E-state index < -0.39 is 15.6 Å². The van der Waals surface area contributed by atoms with Crippen LogP contribution in [0.1, 0.15) is 40.5 Å². The summed E-state index contributed by atoms with van der Waals surface area (Å²) in [4.78, 5) is 29.3. The van der Waals surface area contributed by atoms with E-state index in [0.29, 0.717) is 36.0 Å². The predicted molar refractivity (Wildman–Crippen MR) is 129 cm³/mol. The fourth-order valence-electron chi connectivity index (χ4n) is 3.35. The molecule has 33 heavy (non-hydrogen) atoms. The summed E-state index contributed by atoms with van der Waals surface area (Å²) < 4.78 is 20.8. The average molecular weight is 489 g/mol. The van der Waals surface area contributed by atoms with Gasteiger partial charge in [-0.3, -0.25) is 9.59 Å². The summed E-state index contributed by atoms with van der Waals surface area (Å²) in [6, 6.07) is 9.51. The van der Waals surface area contributed by atoms with Gasteiger partial charge in [0.25, 0.3) is 11.8 Å². The molecule has 0 bridgehead atoms. The quantitative estimate of drug-likeness (QED) is 0.424. The normalized spacial score (nSPS) is 17.8. The van der Waals surface area contributed by atoms with Crippen molar-refractivity contribution in [3.05, 3.63) is 52.5 Å². The minimum Gasteiger partial charge on any atom is -0.354 e. The number of anilines is 2. The zero-order valence-corrected chi connectivity index (χ0v) is 19.8. The van der Waals surface area contributed by atoms with Crippen LogP contribution in [0.15, 0.2) is 46.3 Å². The molecule has 2 amide bonds. The summed E-state index contributed by atoms with van der Waals surface area (Å²) in [5, 5.41) is 12.2. The SMILES string of the molecule is CC1(NC(=O)c2cccc(Nc3ccc(C(=O)N=C4NCCN4)cc3S(C)(=N)=O)c2Cl)CC1. The maximum Gasteiger partial charge on any atom is 0.280 e. The van der Waals surface area contributed by atoms with Gasteiger partial charge in [0.05, 0.1) is 36.6 Å². The molecule has 0 spiro atoms. The number of carbonyl (C=O) groups is 2. The Hall–Kier alpha value is -3.11. The Labute approximate surface area is 197 Å². The van der Waals surface area contributed by atoms with Crippen LogP contribution in [0.4, 0.5) is 11.4 Å². The lowest BCUT2D eigenvalue weighted by atomic mass is 10.1. The van der Waals surface area contributed by atoms with Crippen molar-refractivity contribution in [2.75, 3.05) is 24.7 Å². The minimum atomic E-state index is -3.21. The molecule has 174 valence electrons. The van der Waals surface area contributed by atoms with E-state index in [0.717, 1.165) is 12.8 Å². The van der Waals surface area contributed by atoms with E-state index >= 15 is 0 Å². The molecule has 2 aliphatic rings. The van der Waals surface area contributed by atoms with Crippen molar-refractivity contribution in [2.45, 2.75) is 30.2 Å². The predicted octanol–water partition coefficient (Wildman–Crippen LogP) is 3.09. The molecule has 0 aromatic heterocycles. The average Bonchev–Trinajstić information content (AvgIpc) is 3.24. The van der Waals surface area contributed by atoms with Crippen LogP contribution in [0.2, 0.25) is 5.02 Å². The Kier molecular flexibility index (Phi) is 6.06. The van der Waals surface area contributed by atoms with Gasteiger partial charge in [0.15, 0.2) is 5.96 Å². The first-order valence-corrected chi connectivity index (χ1v) is 12.8. The second-order valence-electron chi connectivity index (χ2n) is 8.48. The molecule has 1 aliphatic heterocycles. The number of rotatable bonds is 6. The maximum atomic E-state index is 12.7. The lowest BCUT2D eigenvalue weighted by molar-refractivity contribution is 0.0934. The van der Waals surface area contributed by atoms with E-state index in [2.05, 4.69) is 26.3 Å². The minimum absolute atomic E-state index is 0.136. The van der Waals surface area contributed by atoms with E-state index in [1.165, 1.54) is 18.4 Å². The number of guanidine groups is 1. The highest BCUT2D eigenvalue weighted by Crippen LogP contribution is 2.36. The lowest BCUT2D eigenvalue weighted by Gasteiger charge is -2.17. The standard InChI is InChI=1S/C22H25ClN6O3S/c1-22(8-9-22)29-20(31)14-4-3-5-16(18(14)23)27-15-7-6-13(12-17(15)33(2,24)32)19(30)28-21-25-10-11-26-21/h3-7,12,24,27H,8-11H2,1-2H3,(H,29,31)(H2,25,26,28,30). The van der Waals surface area contributed by atoms with Crippen LogP contribution in [-0.2, 0) is 9.73 Å². The van der Waals surface area contributed by atoms with Gasteiger partial charge in [-0.05, 0) is 50.1 Å². The topological polar surface area (TPSA) is 136 Å². The number of nitrogens with zero attached hydrogens (tertiary/aromatic N) is 1. The van der Waals surface area contributed by atoms with E-state index in [1.54, 1.807) is 24.3 Å². The Morgan fingerprint density at radius 2 is 1.85 bits per heavy atom. The van der Waals surface area contributed by atoms with Gasteiger partial charge in [0.2, 0.25) is 0 Å². The van der Waals surface area contributed by atoms with E-state index in [1.807, 2.05) is 6.92 Å². The van der Waals surface area contributed by atoms with Gasteiger partial charge in [-0.1, -0.05) is 17.7 Å². The highest BCUT2D eigenvalue weighted by atomic mass is 35.5. The second-order valence-corrected chi connectivity index (χ2v) is 11.0. The molecular formula is C22H25ClN6O3S. The highest BCUT2D eigenvalue weighted by Gasteiger charge is 2.39. The largest absolute Gasteiger partial charge is 0.354 e. The van der Waals surface area contributed by atoms with Crippen LogP contribution in [0.3, 0.4) is 0 Å². The molecular weight excluding hydrogens is 464 g/mol. The smallest absolute Gasteiger partial charge is 0.280 e. The zero-order chi connectivity index (χ0) is 23.8. The molecule has 1 aliphatic carbocycles. The molecule has 4 rings (SSSR count). The van der Waals surface area contributed by atoms with Gasteiger partial charge in [0.1, 0.15) is 0 Å². The van der Waals surface area contributed by atoms with Crippen LogP contribution < -0.4 is 21.3 Å². The van der Waals surface area contributed by atoms with E-state index in [4.69, 9.17) is 16.4 Å². The molecule has 9 nitrogen and oxygen atoms in total. The summed E-state index contributed by atoms with van der Waals surface area (Å²) in [5.41, 5.74) is 1.11. The first-order valence-electron chi connectivity index (χ1n) is 10.4. The van der Waals surface area contributed by atoms with Gasteiger partial charge in [-0.15, -0.1) is 0 Å². The highest BCUT2D eigenvalue weighted by molar-refractivity contribution is 7.91. The summed E-state index contributed by atoms with van der Waals surface area (Å²) in [6.45, 7) is 3.32. The molecule has 1 heterocycles. The second kappa shape index (κ2) is 8.68. The first kappa shape index (κ1) is 23.1.